The van der Waals surface area contributed by atoms with Crippen LogP contribution in [0.4, 0.5) is 0 Å². The first kappa shape index (κ1) is 34.0. The molecule has 1 aliphatic heterocycles. The number of hydrogen-bond donors (Lipinski definition) is 0. The van der Waals surface area contributed by atoms with E-state index in [0.717, 1.165) is 36.0 Å². The number of carbonyl (C=O) groups is 1. The molecule has 2 heterocycles. The molecule has 0 spiro atoms. The molecule has 8 heteroatoms. The molecule has 0 N–H and O–H groups in total. The summed E-state index contributed by atoms with van der Waals surface area (Å²) < 4.78 is 11.9. The van der Waals surface area contributed by atoms with Gasteiger partial charge in [-0.1, -0.05) is 87.5 Å². The van der Waals surface area contributed by atoms with E-state index in [4.69, 9.17) is 9.16 Å². The topological polar surface area (TPSA) is 54.9 Å². The molecule has 0 radical (unpaired) electrons. The molecule has 1 saturated heterocycles. The Kier molecular flexibility index (Phi) is 10.5. The number of rotatable bonds is 10. The van der Waals surface area contributed by atoms with E-state index in [2.05, 4.69) is 141 Å². The number of ether oxygens (including phenoxy) is 1. The van der Waals surface area contributed by atoms with Crippen molar-refractivity contribution in [2.24, 2.45) is 0 Å². The number of piperazine rings is 1. The van der Waals surface area contributed by atoms with E-state index < -0.39 is 8.32 Å². The van der Waals surface area contributed by atoms with Crippen LogP contribution in [0.25, 0.3) is 10.6 Å². The van der Waals surface area contributed by atoms with Crippen molar-refractivity contribution in [3.8, 4) is 16.3 Å². The lowest BCUT2D eigenvalue weighted by molar-refractivity contribution is 0.0195. The van der Waals surface area contributed by atoms with Crippen molar-refractivity contribution in [2.45, 2.75) is 84.3 Å². The van der Waals surface area contributed by atoms with Crippen molar-refractivity contribution in [2.75, 3.05) is 19.7 Å². The predicted octanol–water partition coefficient (Wildman–Crippen LogP) is 9.06. The largest absolute Gasteiger partial charge is 0.543 e. The van der Waals surface area contributed by atoms with Gasteiger partial charge in [0.2, 0.25) is 8.32 Å². The Bertz CT molecular complexity index is 1600. The Labute approximate surface area is 280 Å². The van der Waals surface area contributed by atoms with Gasteiger partial charge in [-0.3, -0.25) is 9.80 Å². The molecule has 1 aliphatic rings. The standard InChI is InChI=1S/C38H49N3O3SSi/c1-9-43-37(42)34-26-45-36(39-34)31-20-18-30(19-21-31)35(32-16-13-17-33(22-32)44-46(7,8)38(4,5)6)41-24-27(2)40(23-28(41)3)25-29-14-11-10-12-15-29/h10-22,26-28,35H,9,23-25H2,1-8H3. The van der Waals surface area contributed by atoms with Crippen LogP contribution in [0.1, 0.15) is 74.8 Å². The van der Waals surface area contributed by atoms with Gasteiger partial charge in [0.1, 0.15) is 10.8 Å². The number of esters is 1. The smallest absolute Gasteiger partial charge is 0.357 e. The quantitative estimate of drug-likeness (QED) is 0.126. The van der Waals surface area contributed by atoms with Crippen molar-refractivity contribution in [3.63, 3.8) is 0 Å². The van der Waals surface area contributed by atoms with Gasteiger partial charge in [0.15, 0.2) is 5.69 Å². The monoisotopic (exact) mass is 655 g/mol. The van der Waals surface area contributed by atoms with Crippen LogP contribution < -0.4 is 4.43 Å². The van der Waals surface area contributed by atoms with Crippen LogP contribution in [0.15, 0.2) is 84.2 Å². The van der Waals surface area contributed by atoms with Crippen molar-refractivity contribution >= 4 is 25.6 Å². The molecule has 5 rings (SSSR count). The van der Waals surface area contributed by atoms with Gasteiger partial charge in [-0.05, 0) is 67.7 Å². The maximum atomic E-state index is 12.2. The maximum absolute atomic E-state index is 12.2. The summed E-state index contributed by atoms with van der Waals surface area (Å²) >= 11 is 1.47. The molecular weight excluding hydrogens is 607 g/mol. The first-order valence-corrected chi connectivity index (χ1v) is 20.2. The van der Waals surface area contributed by atoms with Crippen molar-refractivity contribution in [3.05, 3.63) is 107 Å². The molecule has 4 aromatic rings. The van der Waals surface area contributed by atoms with Gasteiger partial charge in [-0.15, -0.1) is 11.3 Å². The fourth-order valence-electron chi connectivity index (χ4n) is 5.91. The SMILES string of the molecule is CCOC(=O)c1csc(-c2ccc(C(c3cccc(O[Si](C)(C)C(C)(C)C)c3)N3CC(C)N(Cc4ccccc4)CC3C)cc2)n1. The summed E-state index contributed by atoms with van der Waals surface area (Å²) in [6, 6.07) is 29.0. The molecule has 0 amide bonds. The van der Waals surface area contributed by atoms with Crippen LogP contribution >= 0.6 is 11.3 Å². The summed E-state index contributed by atoms with van der Waals surface area (Å²) in [5.41, 5.74) is 5.17. The molecule has 46 heavy (non-hydrogen) atoms. The molecule has 3 atom stereocenters. The van der Waals surface area contributed by atoms with E-state index in [9.17, 15) is 4.79 Å². The molecule has 0 saturated carbocycles. The van der Waals surface area contributed by atoms with Gasteiger partial charge in [-0.2, -0.15) is 0 Å². The number of aromatic nitrogens is 1. The highest BCUT2D eigenvalue weighted by molar-refractivity contribution is 7.13. The number of carbonyl (C=O) groups excluding carboxylic acids is 1. The fraction of sp³-hybridized carbons (Fsp3) is 0.421. The highest BCUT2D eigenvalue weighted by Crippen LogP contribution is 2.40. The lowest BCUT2D eigenvalue weighted by Crippen LogP contribution is -2.56. The average Bonchev–Trinajstić information content (AvgIpc) is 3.51. The third kappa shape index (κ3) is 7.80. The number of thiazole rings is 1. The summed E-state index contributed by atoms with van der Waals surface area (Å²) in [4.78, 5) is 22.1. The lowest BCUT2D eigenvalue weighted by Gasteiger charge is -2.48. The summed E-state index contributed by atoms with van der Waals surface area (Å²) in [7, 11) is -2.01. The lowest BCUT2D eigenvalue weighted by atomic mass is 9.92. The molecule has 244 valence electrons. The zero-order valence-corrected chi connectivity index (χ0v) is 30.4. The zero-order chi connectivity index (χ0) is 33.1. The van der Waals surface area contributed by atoms with Crippen molar-refractivity contribution < 1.29 is 14.0 Å². The highest BCUT2D eigenvalue weighted by atomic mass is 32.1. The minimum atomic E-state index is -2.01. The highest BCUT2D eigenvalue weighted by Gasteiger charge is 2.39. The zero-order valence-electron chi connectivity index (χ0n) is 28.6. The molecule has 6 nitrogen and oxygen atoms in total. The van der Waals surface area contributed by atoms with Crippen LogP contribution in [0.5, 0.6) is 5.75 Å². The molecular formula is C38H49N3O3SSi. The van der Waals surface area contributed by atoms with Gasteiger partial charge in [0, 0.05) is 42.7 Å². The Hall–Kier alpha value is -3.30. The molecule has 0 aliphatic carbocycles. The van der Waals surface area contributed by atoms with E-state index in [-0.39, 0.29) is 17.0 Å². The van der Waals surface area contributed by atoms with Gasteiger partial charge in [0.05, 0.1) is 12.6 Å². The van der Waals surface area contributed by atoms with E-state index in [1.807, 2.05) is 0 Å². The van der Waals surface area contributed by atoms with E-state index in [1.165, 1.54) is 28.0 Å². The molecule has 1 aromatic heterocycles. The first-order chi connectivity index (χ1) is 21.9. The van der Waals surface area contributed by atoms with Crippen molar-refractivity contribution in [1.29, 1.82) is 0 Å². The molecule has 1 fully saturated rings. The predicted molar refractivity (Wildman–Crippen MR) is 192 cm³/mol. The van der Waals surface area contributed by atoms with Gasteiger partial charge in [-0.25, -0.2) is 9.78 Å². The molecule has 3 unspecified atom stereocenters. The second-order valence-corrected chi connectivity index (χ2v) is 19.6. The Morgan fingerprint density at radius 1 is 0.957 bits per heavy atom. The van der Waals surface area contributed by atoms with Crippen LogP contribution in [0.3, 0.4) is 0 Å². The Balaban J connectivity index is 1.47. The Morgan fingerprint density at radius 2 is 1.67 bits per heavy atom. The van der Waals surface area contributed by atoms with Gasteiger partial charge in [0.25, 0.3) is 0 Å². The second kappa shape index (κ2) is 14.2. The van der Waals surface area contributed by atoms with Crippen LogP contribution in [-0.4, -0.2) is 60.9 Å². The minimum Gasteiger partial charge on any atom is -0.543 e. The second-order valence-electron chi connectivity index (χ2n) is 14.0. The number of benzene rings is 3. The van der Waals surface area contributed by atoms with Gasteiger partial charge < -0.3 is 9.16 Å². The summed E-state index contributed by atoms with van der Waals surface area (Å²) in [5.74, 6) is 0.569. The average molecular weight is 656 g/mol. The fourth-order valence-corrected chi connectivity index (χ4v) is 7.73. The first-order valence-electron chi connectivity index (χ1n) is 16.4. The van der Waals surface area contributed by atoms with Crippen LogP contribution in [0.2, 0.25) is 18.1 Å². The third-order valence-electron chi connectivity index (χ3n) is 9.54. The van der Waals surface area contributed by atoms with E-state index in [1.54, 1.807) is 12.3 Å². The summed E-state index contributed by atoms with van der Waals surface area (Å²) in [6.45, 7) is 21.2. The minimum absolute atomic E-state index is 0.0553. The van der Waals surface area contributed by atoms with E-state index >= 15 is 0 Å². The molecule has 0 bridgehead atoms. The molecule has 3 aromatic carbocycles. The summed E-state index contributed by atoms with van der Waals surface area (Å²) in [5, 5.41) is 2.70. The number of nitrogens with zero attached hydrogens (tertiary/aromatic N) is 3. The van der Waals surface area contributed by atoms with E-state index in [0.29, 0.717) is 24.4 Å². The van der Waals surface area contributed by atoms with Crippen LogP contribution in [0, 0.1) is 0 Å². The maximum Gasteiger partial charge on any atom is 0.357 e. The third-order valence-corrected chi connectivity index (χ3v) is 14.8. The number of hydrogen-bond acceptors (Lipinski definition) is 7. The van der Waals surface area contributed by atoms with Crippen LogP contribution in [-0.2, 0) is 11.3 Å². The summed E-state index contributed by atoms with van der Waals surface area (Å²) in [6.07, 6.45) is 0. The Morgan fingerprint density at radius 3 is 2.35 bits per heavy atom. The normalized spacial score (nSPS) is 18.7. The van der Waals surface area contributed by atoms with Crippen molar-refractivity contribution in [1.82, 2.24) is 14.8 Å². The van der Waals surface area contributed by atoms with Gasteiger partial charge >= 0.3 is 5.97 Å².